The molecular formula is C28H26N2O6. The van der Waals surface area contributed by atoms with Crippen molar-refractivity contribution in [2.45, 2.75) is 26.3 Å². The number of esters is 1. The molecule has 0 bridgehead atoms. The number of aliphatic hydroxyl groups excluding tert-OH is 1. The fraction of sp³-hybridized carbons (Fsp3) is 0.214. The van der Waals surface area contributed by atoms with Gasteiger partial charge in [-0.05, 0) is 61.9 Å². The number of amides is 1. The lowest BCUT2D eigenvalue weighted by molar-refractivity contribution is -0.132. The van der Waals surface area contributed by atoms with E-state index in [1.807, 2.05) is 13.8 Å². The Bertz CT molecular complexity index is 1300. The number of carbonyl (C=O) groups excluding carboxylic acids is 3. The van der Waals surface area contributed by atoms with E-state index < -0.39 is 23.7 Å². The van der Waals surface area contributed by atoms with Crippen LogP contribution in [0, 0.1) is 0 Å². The third-order valence-corrected chi connectivity index (χ3v) is 5.65. The number of aromatic nitrogens is 1. The zero-order chi connectivity index (χ0) is 25.7. The number of rotatable bonds is 8. The number of benzene rings is 2. The summed E-state index contributed by atoms with van der Waals surface area (Å²) >= 11 is 0. The van der Waals surface area contributed by atoms with E-state index in [-0.39, 0.29) is 11.3 Å². The molecule has 0 radical (unpaired) electrons. The van der Waals surface area contributed by atoms with Gasteiger partial charge in [0.15, 0.2) is 0 Å². The monoisotopic (exact) mass is 486 g/mol. The number of aliphatic hydroxyl groups is 1. The van der Waals surface area contributed by atoms with E-state index in [0.29, 0.717) is 47.9 Å². The summed E-state index contributed by atoms with van der Waals surface area (Å²) in [5.74, 6) is -1.92. The lowest BCUT2D eigenvalue weighted by Gasteiger charge is -2.24. The van der Waals surface area contributed by atoms with Crippen molar-refractivity contribution in [3.63, 3.8) is 0 Å². The maximum atomic E-state index is 13.3. The average Bonchev–Trinajstić information content (AvgIpc) is 3.18. The maximum Gasteiger partial charge on any atom is 0.338 e. The first kappa shape index (κ1) is 24.7. The molecule has 4 rings (SSSR count). The summed E-state index contributed by atoms with van der Waals surface area (Å²) in [5.41, 5.74) is 1.37. The fourth-order valence-corrected chi connectivity index (χ4v) is 4.01. The van der Waals surface area contributed by atoms with Crippen molar-refractivity contribution < 1.29 is 29.0 Å². The van der Waals surface area contributed by atoms with Crippen molar-refractivity contribution in [3.8, 4) is 5.75 Å². The Morgan fingerprint density at radius 2 is 1.78 bits per heavy atom. The first-order valence-electron chi connectivity index (χ1n) is 11.7. The normalized spacial score (nSPS) is 16.7. The molecule has 1 saturated heterocycles. The van der Waals surface area contributed by atoms with Crippen LogP contribution in [0.3, 0.4) is 0 Å². The molecule has 2 aromatic carbocycles. The van der Waals surface area contributed by atoms with Crippen LogP contribution in [0.2, 0.25) is 0 Å². The maximum absolute atomic E-state index is 13.3. The van der Waals surface area contributed by atoms with E-state index in [2.05, 4.69) is 4.98 Å². The molecule has 1 aliphatic rings. The second-order valence-corrected chi connectivity index (χ2v) is 8.07. The van der Waals surface area contributed by atoms with E-state index >= 15 is 0 Å². The van der Waals surface area contributed by atoms with Crippen LogP contribution < -0.4 is 9.64 Å². The lowest BCUT2D eigenvalue weighted by atomic mass is 9.98. The minimum atomic E-state index is -0.972. The summed E-state index contributed by atoms with van der Waals surface area (Å²) < 4.78 is 10.7. The molecule has 1 unspecified atom stereocenters. The van der Waals surface area contributed by atoms with E-state index in [1.54, 1.807) is 60.8 Å². The number of ether oxygens (including phenoxy) is 2. The van der Waals surface area contributed by atoms with Gasteiger partial charge in [-0.3, -0.25) is 19.5 Å². The van der Waals surface area contributed by atoms with Gasteiger partial charge in [0.25, 0.3) is 11.7 Å². The van der Waals surface area contributed by atoms with Crippen molar-refractivity contribution in [1.82, 2.24) is 4.98 Å². The lowest BCUT2D eigenvalue weighted by Crippen LogP contribution is -2.29. The van der Waals surface area contributed by atoms with Gasteiger partial charge in [0.2, 0.25) is 0 Å². The highest BCUT2D eigenvalue weighted by atomic mass is 16.5. The Kier molecular flexibility index (Phi) is 7.44. The molecule has 1 amide bonds. The van der Waals surface area contributed by atoms with Gasteiger partial charge in [0.05, 0.1) is 30.0 Å². The van der Waals surface area contributed by atoms with Crippen molar-refractivity contribution in [2.24, 2.45) is 0 Å². The van der Waals surface area contributed by atoms with Gasteiger partial charge >= 0.3 is 5.97 Å². The highest BCUT2D eigenvalue weighted by Gasteiger charge is 2.47. The Labute approximate surface area is 208 Å². The van der Waals surface area contributed by atoms with Crippen LogP contribution >= 0.6 is 0 Å². The molecule has 3 aromatic rings. The smallest absolute Gasteiger partial charge is 0.338 e. The summed E-state index contributed by atoms with van der Waals surface area (Å²) in [4.78, 5) is 44.3. The first-order chi connectivity index (χ1) is 17.5. The fourth-order valence-electron chi connectivity index (χ4n) is 4.01. The van der Waals surface area contributed by atoms with Gasteiger partial charge in [0.1, 0.15) is 17.6 Å². The molecule has 8 nitrogen and oxygen atoms in total. The molecule has 1 fully saturated rings. The van der Waals surface area contributed by atoms with Crippen molar-refractivity contribution >= 4 is 29.1 Å². The van der Waals surface area contributed by atoms with E-state index in [0.717, 1.165) is 0 Å². The highest BCUT2D eigenvalue weighted by Crippen LogP contribution is 2.41. The van der Waals surface area contributed by atoms with Crippen molar-refractivity contribution in [1.29, 1.82) is 0 Å². The van der Waals surface area contributed by atoms with Crippen LogP contribution in [0.1, 0.15) is 47.9 Å². The van der Waals surface area contributed by atoms with Gasteiger partial charge in [-0.1, -0.05) is 25.1 Å². The minimum absolute atomic E-state index is 0.0845. The quantitative estimate of drug-likeness (QED) is 0.213. The molecule has 1 aromatic heterocycles. The summed E-state index contributed by atoms with van der Waals surface area (Å²) in [6, 6.07) is 17.1. The Hall–Kier alpha value is -4.46. The second kappa shape index (κ2) is 10.9. The number of Topliss-reactive ketones (excluding diaryl/α,β-unsaturated/α-hetero) is 1. The van der Waals surface area contributed by atoms with Gasteiger partial charge in [-0.25, -0.2) is 4.79 Å². The molecular weight excluding hydrogens is 460 g/mol. The van der Waals surface area contributed by atoms with Crippen LogP contribution in [-0.2, 0) is 14.3 Å². The topological polar surface area (TPSA) is 106 Å². The van der Waals surface area contributed by atoms with Crippen molar-refractivity contribution in [2.75, 3.05) is 18.1 Å². The van der Waals surface area contributed by atoms with Crippen LogP contribution in [-0.4, -0.2) is 41.0 Å². The first-order valence-corrected chi connectivity index (χ1v) is 11.7. The number of anilines is 1. The summed E-state index contributed by atoms with van der Waals surface area (Å²) in [7, 11) is 0. The highest BCUT2D eigenvalue weighted by molar-refractivity contribution is 6.51. The molecule has 36 heavy (non-hydrogen) atoms. The third-order valence-electron chi connectivity index (χ3n) is 5.65. The van der Waals surface area contributed by atoms with E-state index in [1.165, 1.54) is 17.0 Å². The van der Waals surface area contributed by atoms with Gasteiger partial charge in [0, 0.05) is 17.4 Å². The van der Waals surface area contributed by atoms with Crippen LogP contribution in [0.15, 0.2) is 78.5 Å². The Morgan fingerprint density at radius 3 is 2.44 bits per heavy atom. The second-order valence-electron chi connectivity index (χ2n) is 8.07. The summed E-state index contributed by atoms with van der Waals surface area (Å²) in [5, 5.41) is 11.2. The summed E-state index contributed by atoms with van der Waals surface area (Å²) in [6.45, 7) is 4.48. The number of hydrogen-bond donors (Lipinski definition) is 1. The molecule has 0 spiro atoms. The van der Waals surface area contributed by atoms with Crippen LogP contribution in [0.25, 0.3) is 5.76 Å². The number of carbonyl (C=O) groups is 3. The Balaban J connectivity index is 1.80. The molecule has 1 aliphatic heterocycles. The number of nitrogens with zero attached hydrogens (tertiary/aromatic N) is 2. The van der Waals surface area contributed by atoms with Crippen LogP contribution in [0.4, 0.5) is 5.69 Å². The number of hydrogen-bond acceptors (Lipinski definition) is 7. The van der Waals surface area contributed by atoms with Gasteiger partial charge in [-0.2, -0.15) is 0 Å². The molecule has 1 N–H and O–H groups in total. The van der Waals surface area contributed by atoms with Crippen molar-refractivity contribution in [3.05, 3.63) is 95.3 Å². The number of ketones is 1. The predicted molar refractivity (Wildman–Crippen MR) is 134 cm³/mol. The predicted octanol–water partition coefficient (Wildman–Crippen LogP) is 4.67. The average molecular weight is 487 g/mol. The third kappa shape index (κ3) is 4.84. The number of pyridine rings is 1. The zero-order valence-electron chi connectivity index (χ0n) is 20.0. The molecule has 184 valence electrons. The SMILES string of the molecule is CCCOC(=O)c1ccc(N2C(=O)C(=O)/C(=C(/O)c3cccc(OCC)c3)C2c2ccccn2)cc1. The zero-order valence-corrected chi connectivity index (χ0v) is 20.0. The molecule has 0 aliphatic carbocycles. The van der Waals surface area contributed by atoms with E-state index in [9.17, 15) is 19.5 Å². The minimum Gasteiger partial charge on any atom is -0.507 e. The molecule has 1 atom stereocenters. The standard InChI is InChI=1S/C28H26N2O6/c1-3-16-36-28(34)18-11-13-20(14-12-18)30-24(22-10-5-6-15-29-22)23(26(32)27(30)33)25(31)19-8-7-9-21(17-19)35-4-2/h5-15,17,24,31H,3-4,16H2,1-2H3/b25-23+. The largest absolute Gasteiger partial charge is 0.507 e. The summed E-state index contributed by atoms with van der Waals surface area (Å²) in [6.07, 6.45) is 2.25. The van der Waals surface area contributed by atoms with E-state index in [4.69, 9.17) is 9.47 Å². The Morgan fingerprint density at radius 1 is 1.00 bits per heavy atom. The molecule has 8 heteroatoms. The van der Waals surface area contributed by atoms with Crippen LogP contribution in [0.5, 0.6) is 5.75 Å². The van der Waals surface area contributed by atoms with Gasteiger partial charge < -0.3 is 14.6 Å². The molecule has 2 heterocycles. The molecule has 0 saturated carbocycles. The van der Waals surface area contributed by atoms with Gasteiger partial charge in [-0.15, -0.1) is 0 Å².